The van der Waals surface area contributed by atoms with Gasteiger partial charge in [0.1, 0.15) is 0 Å². The van der Waals surface area contributed by atoms with Crippen LogP contribution in [0.4, 0.5) is 0 Å². The smallest absolute Gasteiger partial charge is 0.229 e. The van der Waals surface area contributed by atoms with Gasteiger partial charge in [0.2, 0.25) is 17.7 Å². The highest BCUT2D eigenvalue weighted by atomic mass is 16.2. The van der Waals surface area contributed by atoms with Gasteiger partial charge in [-0.1, -0.05) is 13.8 Å². The van der Waals surface area contributed by atoms with Crippen molar-refractivity contribution in [3.8, 4) is 0 Å². The van der Waals surface area contributed by atoms with Gasteiger partial charge in [-0.25, -0.2) is 0 Å². The molecular formula is C12H20N2O3. The largest absolute Gasteiger partial charge is 0.353 e. The van der Waals surface area contributed by atoms with E-state index in [9.17, 15) is 14.4 Å². The van der Waals surface area contributed by atoms with Gasteiger partial charge in [-0.2, -0.15) is 0 Å². The van der Waals surface area contributed by atoms with Crippen molar-refractivity contribution >= 4 is 17.7 Å². The van der Waals surface area contributed by atoms with E-state index >= 15 is 0 Å². The second-order valence-electron chi connectivity index (χ2n) is 4.27. The maximum absolute atomic E-state index is 11.6. The highest BCUT2D eigenvalue weighted by molar-refractivity contribution is 6.02. The Bertz CT molecular complexity index is 295. The molecule has 5 nitrogen and oxygen atoms in total. The average molecular weight is 240 g/mol. The number of nitrogens with zero attached hydrogens (tertiary/aromatic N) is 1. The Labute approximate surface area is 102 Å². The minimum Gasteiger partial charge on any atom is -0.353 e. The summed E-state index contributed by atoms with van der Waals surface area (Å²) in [5.74, 6) is -0.415. The van der Waals surface area contributed by atoms with E-state index in [0.29, 0.717) is 0 Å². The van der Waals surface area contributed by atoms with Gasteiger partial charge in [0.05, 0.1) is 0 Å². The molecule has 0 aromatic rings. The fraction of sp³-hybridized carbons (Fsp3) is 0.750. The maximum Gasteiger partial charge on any atom is 0.229 e. The van der Waals surface area contributed by atoms with Crippen LogP contribution in [-0.4, -0.2) is 35.2 Å². The summed E-state index contributed by atoms with van der Waals surface area (Å²) in [5.41, 5.74) is 0. The molecule has 3 amide bonds. The number of rotatable bonds is 6. The van der Waals surface area contributed by atoms with Crippen molar-refractivity contribution in [1.29, 1.82) is 0 Å². The van der Waals surface area contributed by atoms with E-state index in [1.165, 1.54) is 4.90 Å². The minimum atomic E-state index is -0.162. The topological polar surface area (TPSA) is 66.5 Å². The van der Waals surface area contributed by atoms with Gasteiger partial charge in [-0.3, -0.25) is 19.3 Å². The molecule has 0 saturated carbocycles. The molecule has 1 fully saturated rings. The molecule has 1 aliphatic rings. The summed E-state index contributed by atoms with van der Waals surface area (Å²) < 4.78 is 0. The minimum absolute atomic E-state index is 0.0915. The summed E-state index contributed by atoms with van der Waals surface area (Å²) in [5, 5.41) is 2.88. The fourth-order valence-corrected chi connectivity index (χ4v) is 1.88. The van der Waals surface area contributed by atoms with Crippen LogP contribution in [-0.2, 0) is 14.4 Å². The summed E-state index contributed by atoms with van der Waals surface area (Å²) in [6.45, 7) is 4.24. The molecule has 0 radical (unpaired) electrons. The van der Waals surface area contributed by atoms with Crippen molar-refractivity contribution < 1.29 is 14.4 Å². The first-order chi connectivity index (χ1) is 8.08. The number of carbonyl (C=O) groups is 3. The molecule has 0 aliphatic carbocycles. The van der Waals surface area contributed by atoms with Gasteiger partial charge in [-0.05, 0) is 12.8 Å². The molecule has 1 aliphatic heterocycles. The highest BCUT2D eigenvalue weighted by Crippen LogP contribution is 2.11. The van der Waals surface area contributed by atoms with E-state index in [4.69, 9.17) is 0 Å². The van der Waals surface area contributed by atoms with Gasteiger partial charge < -0.3 is 5.32 Å². The molecule has 17 heavy (non-hydrogen) atoms. The first-order valence-corrected chi connectivity index (χ1v) is 6.21. The van der Waals surface area contributed by atoms with Crippen LogP contribution in [0.5, 0.6) is 0 Å². The van der Waals surface area contributed by atoms with Gasteiger partial charge in [-0.15, -0.1) is 0 Å². The third kappa shape index (κ3) is 3.84. The number of nitrogens with one attached hydrogen (secondary N) is 1. The van der Waals surface area contributed by atoms with Gasteiger partial charge in [0.15, 0.2) is 0 Å². The van der Waals surface area contributed by atoms with Crippen LogP contribution >= 0.6 is 0 Å². The molecule has 1 heterocycles. The predicted octanol–water partition coefficient (Wildman–Crippen LogP) is 0.830. The lowest BCUT2D eigenvalue weighted by Crippen LogP contribution is -2.37. The normalized spacial score (nSPS) is 15.8. The summed E-state index contributed by atoms with van der Waals surface area (Å²) in [6, 6.07) is 0.187. The number of imide groups is 1. The van der Waals surface area contributed by atoms with E-state index in [-0.39, 0.29) is 49.6 Å². The lowest BCUT2D eigenvalue weighted by Gasteiger charge is -2.17. The summed E-state index contributed by atoms with van der Waals surface area (Å²) in [7, 11) is 0. The Balaban J connectivity index is 2.32. The zero-order valence-electron chi connectivity index (χ0n) is 10.5. The summed E-state index contributed by atoms with van der Waals surface area (Å²) >= 11 is 0. The zero-order chi connectivity index (χ0) is 12.8. The number of amides is 3. The van der Waals surface area contributed by atoms with Gasteiger partial charge in [0, 0.05) is 31.8 Å². The van der Waals surface area contributed by atoms with Crippen LogP contribution in [0.3, 0.4) is 0 Å². The van der Waals surface area contributed by atoms with Crippen LogP contribution in [0, 0.1) is 0 Å². The quantitative estimate of drug-likeness (QED) is 0.699. The van der Waals surface area contributed by atoms with Crippen LogP contribution in [0.2, 0.25) is 0 Å². The fourth-order valence-electron chi connectivity index (χ4n) is 1.88. The molecule has 0 aromatic heterocycles. The monoisotopic (exact) mass is 240 g/mol. The third-order valence-electron chi connectivity index (χ3n) is 3.07. The molecule has 96 valence electrons. The predicted molar refractivity (Wildman–Crippen MR) is 63.1 cm³/mol. The second kappa shape index (κ2) is 6.37. The van der Waals surface area contributed by atoms with Crippen LogP contribution < -0.4 is 5.32 Å². The molecule has 0 bridgehead atoms. The van der Waals surface area contributed by atoms with E-state index < -0.39 is 0 Å². The van der Waals surface area contributed by atoms with Crippen molar-refractivity contribution in [1.82, 2.24) is 10.2 Å². The van der Waals surface area contributed by atoms with Crippen LogP contribution in [0.25, 0.3) is 0 Å². The lowest BCUT2D eigenvalue weighted by molar-refractivity contribution is -0.138. The SMILES string of the molecule is CCC(CC)NC(=O)CCN1C(=O)CCC1=O. The standard InChI is InChI=1S/C12H20N2O3/c1-3-9(4-2)13-10(15)7-8-14-11(16)5-6-12(14)17/h9H,3-8H2,1-2H3,(H,13,15). The Hall–Kier alpha value is -1.39. The molecular weight excluding hydrogens is 220 g/mol. The number of likely N-dealkylation sites (tertiary alicyclic amines) is 1. The van der Waals surface area contributed by atoms with Gasteiger partial charge in [0.25, 0.3) is 0 Å². The molecule has 0 aromatic carbocycles. The van der Waals surface area contributed by atoms with Crippen molar-refractivity contribution in [2.24, 2.45) is 0 Å². The van der Waals surface area contributed by atoms with Crippen molar-refractivity contribution in [3.63, 3.8) is 0 Å². The first-order valence-electron chi connectivity index (χ1n) is 6.21. The average Bonchev–Trinajstić information content (AvgIpc) is 2.63. The van der Waals surface area contributed by atoms with Crippen molar-refractivity contribution in [2.75, 3.05) is 6.54 Å². The van der Waals surface area contributed by atoms with Gasteiger partial charge >= 0.3 is 0 Å². The number of hydrogen-bond donors (Lipinski definition) is 1. The van der Waals surface area contributed by atoms with E-state index in [1.54, 1.807) is 0 Å². The molecule has 0 unspecified atom stereocenters. The van der Waals surface area contributed by atoms with Crippen molar-refractivity contribution in [2.45, 2.75) is 52.0 Å². The molecule has 1 saturated heterocycles. The Morgan fingerprint density at radius 1 is 1.24 bits per heavy atom. The Morgan fingerprint density at radius 2 is 1.76 bits per heavy atom. The Kier molecular flexibility index (Phi) is 5.12. The van der Waals surface area contributed by atoms with Crippen molar-refractivity contribution in [3.05, 3.63) is 0 Å². The highest BCUT2D eigenvalue weighted by Gasteiger charge is 2.28. The lowest BCUT2D eigenvalue weighted by atomic mass is 10.1. The molecule has 5 heteroatoms. The first kappa shape index (κ1) is 13.7. The van der Waals surface area contributed by atoms with E-state index in [1.807, 2.05) is 13.8 Å². The molecule has 1 rings (SSSR count). The molecule has 0 atom stereocenters. The molecule has 0 spiro atoms. The zero-order valence-corrected chi connectivity index (χ0v) is 10.5. The van der Waals surface area contributed by atoms with Crippen LogP contribution in [0.15, 0.2) is 0 Å². The molecule has 1 N–H and O–H groups in total. The number of carbonyl (C=O) groups excluding carboxylic acids is 3. The Morgan fingerprint density at radius 3 is 2.24 bits per heavy atom. The van der Waals surface area contributed by atoms with Crippen LogP contribution in [0.1, 0.15) is 46.0 Å². The summed E-state index contributed by atoms with van der Waals surface area (Å²) in [4.78, 5) is 35.4. The third-order valence-corrected chi connectivity index (χ3v) is 3.07. The second-order valence-corrected chi connectivity index (χ2v) is 4.27. The number of hydrogen-bond acceptors (Lipinski definition) is 3. The van der Waals surface area contributed by atoms with E-state index in [2.05, 4.69) is 5.32 Å². The summed E-state index contributed by atoms with van der Waals surface area (Å²) in [6.07, 6.45) is 2.56. The maximum atomic E-state index is 11.6. The van der Waals surface area contributed by atoms with E-state index in [0.717, 1.165) is 12.8 Å².